The van der Waals surface area contributed by atoms with Crippen LogP contribution in [0.3, 0.4) is 0 Å². The average molecular weight is 1020 g/mol. The first kappa shape index (κ1) is 65.6. The maximum Gasteiger partial charge on any atom is 0.325 e. The molecule has 420 valence electrons. The number of hydrogen-bond acceptors (Lipinski definition) is 9. The van der Waals surface area contributed by atoms with Crippen LogP contribution in [0.5, 0.6) is 0 Å². The first-order valence-corrected chi connectivity index (χ1v) is 28.9. The summed E-state index contributed by atoms with van der Waals surface area (Å²) in [6, 6.07) is 5.37. The molecule has 1 N–H and O–H groups in total. The summed E-state index contributed by atoms with van der Waals surface area (Å²) in [6.45, 7) is 49.5. The van der Waals surface area contributed by atoms with Crippen LogP contribution in [0.1, 0.15) is 202 Å². The van der Waals surface area contributed by atoms with Crippen molar-refractivity contribution in [3.05, 3.63) is 0 Å². The van der Waals surface area contributed by atoms with Crippen LogP contribution in [0, 0.1) is 5.41 Å². The van der Waals surface area contributed by atoms with Crippen molar-refractivity contribution in [2.24, 2.45) is 5.41 Å². The fraction of sp³-hybridized carbons (Fsp3) is 0.965. The summed E-state index contributed by atoms with van der Waals surface area (Å²) in [5, 5.41) is 2.61. The van der Waals surface area contributed by atoms with E-state index in [-0.39, 0.29) is 37.0 Å². The number of imide groups is 1. The van der Waals surface area contributed by atoms with Gasteiger partial charge in [-0.3, -0.25) is 24.4 Å². The highest BCUT2D eigenvalue weighted by Crippen LogP contribution is 2.38. The third-order valence-electron chi connectivity index (χ3n) is 15.8. The molecule has 9 saturated heterocycles. The molecule has 3 amide bonds. The van der Waals surface area contributed by atoms with Crippen LogP contribution in [-0.4, -0.2) is 197 Å². The minimum absolute atomic E-state index is 0.0329. The van der Waals surface area contributed by atoms with E-state index in [0.717, 1.165) is 62.4 Å². The molecule has 2 unspecified atom stereocenters. The van der Waals surface area contributed by atoms with E-state index in [1.165, 1.54) is 108 Å². The van der Waals surface area contributed by atoms with E-state index in [1.54, 1.807) is 18.7 Å². The van der Waals surface area contributed by atoms with Crippen molar-refractivity contribution in [2.45, 2.75) is 274 Å². The van der Waals surface area contributed by atoms with Gasteiger partial charge in [0.2, 0.25) is 0 Å². The Bertz CT molecular complexity index is 1430. The first-order valence-electron chi connectivity index (χ1n) is 28.9. The maximum absolute atomic E-state index is 12.5. The number of carbonyl (C=O) groups excluding carboxylic acids is 2. The lowest BCUT2D eigenvalue weighted by molar-refractivity contribution is -0.131. The number of alkyl halides is 3. The molecule has 0 aromatic heterocycles. The van der Waals surface area contributed by atoms with Crippen LogP contribution in [0.2, 0.25) is 0 Å². The van der Waals surface area contributed by atoms with Crippen LogP contribution in [0.25, 0.3) is 0 Å². The minimum atomic E-state index is -2.43. The van der Waals surface area contributed by atoms with Gasteiger partial charge in [-0.2, -0.15) is 0 Å². The largest absolute Gasteiger partial charge is 0.380 e. The Kier molecular flexibility index (Phi) is 29.1. The summed E-state index contributed by atoms with van der Waals surface area (Å²) in [5.74, 6) is -2.58. The van der Waals surface area contributed by atoms with E-state index in [1.807, 2.05) is 41.5 Å². The summed E-state index contributed by atoms with van der Waals surface area (Å²) in [6.07, 6.45) is 14.6. The molecule has 9 heterocycles. The number of piperidine rings is 1. The number of amides is 3. The Morgan fingerprint density at radius 1 is 0.521 bits per heavy atom. The van der Waals surface area contributed by atoms with Gasteiger partial charge in [0.15, 0.2) is 0 Å². The average Bonchev–Trinajstić information content (AvgIpc) is 4.15. The molecule has 0 aromatic carbocycles. The SMILES string of the molecule is CC.CC(C)N1C(=O)NC(C)(C)C1=O.CC(C)N1C2CCC[C@@H]1CC2.CC(C)N1CCC(F)(F)C1.CC(C)N1CCC(F)C1.CC(C)N1CCC2(COC2)C1.CC(C)N1CCCC1.CC(C)N1CCCC1. The second-order valence-corrected chi connectivity index (χ2v) is 24.3. The lowest BCUT2D eigenvalue weighted by Crippen LogP contribution is -2.45. The highest BCUT2D eigenvalue weighted by molar-refractivity contribution is 6.06. The van der Waals surface area contributed by atoms with Crippen molar-refractivity contribution >= 4 is 11.9 Å². The zero-order chi connectivity index (χ0) is 53.9. The zero-order valence-corrected chi connectivity index (χ0v) is 49.2. The molecule has 1 spiro atoms. The third-order valence-corrected chi connectivity index (χ3v) is 15.8. The molecule has 9 rings (SSSR count). The van der Waals surface area contributed by atoms with Crippen LogP contribution in [0.15, 0.2) is 0 Å². The summed E-state index contributed by atoms with van der Waals surface area (Å²) < 4.78 is 42.8. The zero-order valence-electron chi connectivity index (χ0n) is 49.2. The Hall–Kier alpha value is -1.55. The number of carbonyl (C=O) groups is 2. The van der Waals surface area contributed by atoms with E-state index >= 15 is 0 Å². The molecular weight excluding hydrogens is 902 g/mol. The monoisotopic (exact) mass is 1010 g/mol. The molecule has 0 aromatic rings. The van der Waals surface area contributed by atoms with Crippen LogP contribution < -0.4 is 5.32 Å². The number of rotatable bonds is 7. The fourth-order valence-electron chi connectivity index (χ4n) is 11.2. The predicted molar refractivity (Wildman–Crippen MR) is 293 cm³/mol. The summed E-state index contributed by atoms with van der Waals surface area (Å²) in [4.78, 5) is 38.4. The molecule has 9 fully saturated rings. The molecule has 2 bridgehead atoms. The van der Waals surface area contributed by atoms with Crippen molar-refractivity contribution in [3.63, 3.8) is 0 Å². The number of urea groups is 1. The molecule has 71 heavy (non-hydrogen) atoms. The van der Waals surface area contributed by atoms with Gasteiger partial charge in [0.1, 0.15) is 11.7 Å². The van der Waals surface area contributed by atoms with Gasteiger partial charge in [0.05, 0.1) is 19.8 Å². The molecule has 14 heteroatoms. The highest BCUT2D eigenvalue weighted by atomic mass is 19.3. The van der Waals surface area contributed by atoms with E-state index < -0.39 is 17.6 Å². The number of likely N-dealkylation sites (tertiary alicyclic amines) is 5. The third kappa shape index (κ3) is 21.9. The van der Waals surface area contributed by atoms with Crippen molar-refractivity contribution in [2.75, 3.05) is 78.7 Å². The van der Waals surface area contributed by atoms with Gasteiger partial charge in [-0.1, -0.05) is 20.3 Å². The fourth-order valence-corrected chi connectivity index (χ4v) is 11.2. The van der Waals surface area contributed by atoms with Gasteiger partial charge in [0.25, 0.3) is 11.8 Å². The predicted octanol–water partition coefficient (Wildman–Crippen LogP) is 11.4. The maximum atomic E-state index is 12.5. The quantitative estimate of drug-likeness (QED) is 0.251. The van der Waals surface area contributed by atoms with Crippen molar-refractivity contribution < 1.29 is 27.5 Å². The molecule has 0 saturated carbocycles. The van der Waals surface area contributed by atoms with E-state index in [2.05, 4.69) is 99.1 Å². The summed E-state index contributed by atoms with van der Waals surface area (Å²) in [5.41, 5.74) is -0.161. The van der Waals surface area contributed by atoms with Crippen molar-refractivity contribution in [1.29, 1.82) is 0 Å². The van der Waals surface area contributed by atoms with Gasteiger partial charge in [-0.15, -0.1) is 0 Å². The molecule has 9 aliphatic heterocycles. The van der Waals surface area contributed by atoms with Crippen LogP contribution >= 0.6 is 0 Å². The number of nitrogens with zero attached hydrogens (tertiary/aromatic N) is 7. The van der Waals surface area contributed by atoms with Crippen molar-refractivity contribution in [1.82, 2.24) is 39.6 Å². The standard InChI is InChI=1S/C10H19N.C9H17NO.C8H14N2O2.C7H13F2N.C7H14FN.2C7H15N.C2H6/c1-8(2)11-9-4-3-5-10(11)7-6-9;1-8(2)10-4-3-9(5-10)6-11-7-9;1-5(2)10-6(11)8(3,4)9-7(10)12;1-6(2)10-4-3-7(8,9)5-10;1-6(2)9-4-3-7(8)5-9;2*1-7(2)8-5-3-4-6-8;1-2/h8-10H,3-7H2,1-2H3;8H,3-7H2,1-2H3;5H,1-4H3,(H,9,12);6H,3-5H2,1-2H3;6-7H,3-5H2,1-2H3;2*7H,3-6H2,1-2H3;1-2H3/t9-,10?;;;;;;;/m1......./s1. The Morgan fingerprint density at radius 3 is 1.17 bits per heavy atom. The summed E-state index contributed by atoms with van der Waals surface area (Å²) >= 11 is 0. The lowest BCUT2D eigenvalue weighted by atomic mass is 9.85. The van der Waals surface area contributed by atoms with E-state index in [4.69, 9.17) is 4.74 Å². The molecular formula is C57H113F3N8O3. The molecule has 9 aliphatic rings. The number of ether oxygens (including phenoxy) is 1. The van der Waals surface area contributed by atoms with Crippen LogP contribution in [0.4, 0.5) is 18.0 Å². The topological polar surface area (TPSA) is 78.1 Å². The van der Waals surface area contributed by atoms with Gasteiger partial charge in [0, 0.05) is 92.4 Å². The Morgan fingerprint density at radius 2 is 0.958 bits per heavy atom. The Labute approximate surface area is 435 Å². The smallest absolute Gasteiger partial charge is 0.325 e. The first-order chi connectivity index (χ1) is 33.2. The lowest BCUT2D eigenvalue weighted by Gasteiger charge is -2.38. The number of fused-ring (bicyclic) bond motifs is 2. The number of nitrogens with one attached hydrogen (secondary N) is 1. The second kappa shape index (κ2) is 31.5. The van der Waals surface area contributed by atoms with Gasteiger partial charge >= 0.3 is 6.03 Å². The molecule has 3 atom stereocenters. The molecule has 0 radical (unpaired) electrons. The molecule has 0 aliphatic carbocycles. The number of halogens is 3. The number of hydrogen-bond donors (Lipinski definition) is 1. The Balaban J connectivity index is 0.000000283. The minimum Gasteiger partial charge on any atom is -0.380 e. The highest BCUT2D eigenvalue weighted by Gasteiger charge is 2.46. The second-order valence-electron chi connectivity index (χ2n) is 24.3. The summed E-state index contributed by atoms with van der Waals surface area (Å²) in [7, 11) is 0. The van der Waals surface area contributed by atoms with E-state index in [0.29, 0.717) is 24.5 Å². The molecule has 11 nitrogen and oxygen atoms in total. The normalized spacial score (nSPS) is 27.0. The van der Waals surface area contributed by atoms with Crippen LogP contribution in [-0.2, 0) is 9.53 Å². The van der Waals surface area contributed by atoms with E-state index in [9.17, 15) is 22.8 Å². The van der Waals surface area contributed by atoms with Gasteiger partial charge in [-0.05, 0) is 208 Å². The van der Waals surface area contributed by atoms with Gasteiger partial charge in [-0.25, -0.2) is 18.0 Å². The van der Waals surface area contributed by atoms with Gasteiger partial charge < -0.3 is 24.8 Å². The van der Waals surface area contributed by atoms with Crippen molar-refractivity contribution in [3.8, 4) is 0 Å².